The molecule has 1 N–H and O–H groups in total. The van der Waals surface area contributed by atoms with Crippen LogP contribution in [-0.4, -0.2) is 29.4 Å². The first-order valence-corrected chi connectivity index (χ1v) is 6.91. The maximum absolute atomic E-state index is 11.0. The summed E-state index contributed by atoms with van der Waals surface area (Å²) in [4.78, 5) is 12.3. The minimum absolute atomic E-state index is 0.380. The van der Waals surface area contributed by atoms with Crippen LogP contribution in [0.15, 0.2) is 18.2 Å². The minimum Gasteiger partial charge on any atom is -0.469 e. The average Bonchev–Trinajstić information content (AvgIpc) is 3.05. The second kappa shape index (κ2) is 4.76. The highest BCUT2D eigenvalue weighted by molar-refractivity contribution is 5.65. The molecule has 2 aliphatic rings. The molecule has 1 aliphatic heterocycles. The molecule has 0 bridgehead atoms. The zero-order valence-corrected chi connectivity index (χ0v) is 11.1. The quantitative estimate of drug-likeness (QED) is 0.889. The van der Waals surface area contributed by atoms with Crippen molar-refractivity contribution in [2.24, 2.45) is 0 Å². The summed E-state index contributed by atoms with van der Waals surface area (Å²) < 4.78 is 5.92. The number of benzene rings is 1. The normalized spacial score (nSPS) is 22.1. The van der Waals surface area contributed by atoms with Crippen LogP contribution in [0, 0.1) is 0 Å². The Bertz CT molecular complexity index is 494. The molecule has 1 fully saturated rings. The Morgan fingerprint density at radius 2 is 2.11 bits per heavy atom. The fourth-order valence-corrected chi connectivity index (χ4v) is 3.17. The first kappa shape index (κ1) is 12.3. The molecule has 1 aromatic rings. The molecule has 1 amide bonds. The van der Waals surface area contributed by atoms with E-state index in [4.69, 9.17) is 9.84 Å². The van der Waals surface area contributed by atoms with Crippen LogP contribution in [0.4, 0.5) is 4.79 Å². The molecule has 3 rings (SSSR count). The van der Waals surface area contributed by atoms with Gasteiger partial charge in [-0.3, -0.25) is 4.90 Å². The fourth-order valence-electron chi connectivity index (χ4n) is 3.17. The number of para-hydroxylation sites is 1. The smallest absolute Gasteiger partial charge is 0.409 e. The number of hydrogen-bond acceptors (Lipinski definition) is 2. The van der Waals surface area contributed by atoms with Crippen LogP contribution in [0.25, 0.3) is 0 Å². The lowest BCUT2D eigenvalue weighted by Gasteiger charge is -2.21. The second-order valence-corrected chi connectivity index (χ2v) is 5.49. The van der Waals surface area contributed by atoms with Crippen LogP contribution in [-0.2, 0) is 6.42 Å². The first-order valence-electron chi connectivity index (χ1n) is 6.91. The minimum atomic E-state index is -0.944. The van der Waals surface area contributed by atoms with E-state index in [1.54, 1.807) is 7.05 Å². The van der Waals surface area contributed by atoms with Crippen molar-refractivity contribution in [2.75, 3.05) is 7.05 Å². The van der Waals surface area contributed by atoms with Crippen molar-refractivity contribution in [1.82, 2.24) is 4.90 Å². The SMILES string of the molecule is CN(C(=O)O)C1Cc2cccc(C3CCCC3)c2O1. The van der Waals surface area contributed by atoms with Gasteiger partial charge in [-0.25, -0.2) is 4.79 Å². The van der Waals surface area contributed by atoms with E-state index >= 15 is 0 Å². The highest BCUT2D eigenvalue weighted by atomic mass is 16.5. The summed E-state index contributed by atoms with van der Waals surface area (Å²) in [7, 11) is 1.56. The first-order chi connectivity index (χ1) is 9.16. The maximum atomic E-state index is 11.0. The Morgan fingerprint density at radius 3 is 2.79 bits per heavy atom. The molecular weight excluding hydrogens is 242 g/mol. The largest absolute Gasteiger partial charge is 0.469 e. The lowest BCUT2D eigenvalue weighted by Crippen LogP contribution is -2.39. The molecule has 102 valence electrons. The molecule has 4 heteroatoms. The Morgan fingerprint density at radius 1 is 1.37 bits per heavy atom. The number of carbonyl (C=O) groups is 1. The monoisotopic (exact) mass is 261 g/mol. The zero-order chi connectivity index (χ0) is 13.4. The fraction of sp³-hybridized carbons (Fsp3) is 0.533. The molecule has 1 aliphatic carbocycles. The van der Waals surface area contributed by atoms with Gasteiger partial charge in [0.25, 0.3) is 0 Å². The highest BCUT2D eigenvalue weighted by Gasteiger charge is 2.32. The molecule has 1 heterocycles. The van der Waals surface area contributed by atoms with E-state index in [0.717, 1.165) is 11.3 Å². The van der Waals surface area contributed by atoms with Crippen LogP contribution >= 0.6 is 0 Å². The third kappa shape index (κ3) is 2.15. The van der Waals surface area contributed by atoms with E-state index in [1.165, 1.54) is 36.1 Å². The number of likely N-dealkylation sites (N-methyl/N-ethyl adjacent to an activating group) is 1. The highest BCUT2D eigenvalue weighted by Crippen LogP contribution is 2.43. The van der Waals surface area contributed by atoms with Gasteiger partial charge in [0, 0.05) is 19.0 Å². The number of carboxylic acid groups (broad SMARTS) is 1. The van der Waals surface area contributed by atoms with Crippen molar-refractivity contribution < 1.29 is 14.6 Å². The molecule has 4 nitrogen and oxygen atoms in total. The Kier molecular flexibility index (Phi) is 3.09. The molecule has 19 heavy (non-hydrogen) atoms. The van der Waals surface area contributed by atoms with Crippen molar-refractivity contribution in [2.45, 2.75) is 44.2 Å². The maximum Gasteiger partial charge on any atom is 0.409 e. The van der Waals surface area contributed by atoms with Gasteiger partial charge in [0.1, 0.15) is 5.75 Å². The number of rotatable bonds is 2. The molecule has 0 spiro atoms. The number of hydrogen-bond donors (Lipinski definition) is 1. The summed E-state index contributed by atoms with van der Waals surface area (Å²) in [6.07, 6.45) is 4.34. The molecule has 0 aromatic heterocycles. The van der Waals surface area contributed by atoms with E-state index in [1.807, 2.05) is 6.07 Å². The molecule has 0 saturated heterocycles. The lowest BCUT2D eigenvalue weighted by molar-refractivity contribution is 0.0601. The van der Waals surface area contributed by atoms with Gasteiger partial charge >= 0.3 is 6.09 Å². The molecule has 1 saturated carbocycles. The number of ether oxygens (including phenoxy) is 1. The van der Waals surface area contributed by atoms with Gasteiger partial charge in [0.2, 0.25) is 0 Å². The molecule has 1 atom stereocenters. The van der Waals surface area contributed by atoms with Crippen LogP contribution < -0.4 is 4.74 Å². The summed E-state index contributed by atoms with van der Waals surface area (Å²) in [5, 5.41) is 9.05. The van der Waals surface area contributed by atoms with Crippen molar-refractivity contribution in [3.63, 3.8) is 0 Å². The average molecular weight is 261 g/mol. The zero-order valence-electron chi connectivity index (χ0n) is 11.1. The van der Waals surface area contributed by atoms with Gasteiger partial charge in [-0.2, -0.15) is 0 Å². The van der Waals surface area contributed by atoms with Gasteiger partial charge in [-0.1, -0.05) is 31.0 Å². The molecule has 0 radical (unpaired) electrons. The third-order valence-electron chi connectivity index (χ3n) is 4.30. The number of amides is 1. The second-order valence-electron chi connectivity index (χ2n) is 5.49. The van der Waals surface area contributed by atoms with E-state index in [-0.39, 0.29) is 6.23 Å². The van der Waals surface area contributed by atoms with Gasteiger partial charge in [-0.15, -0.1) is 0 Å². The summed E-state index contributed by atoms with van der Waals surface area (Å²) in [5.74, 6) is 1.52. The number of fused-ring (bicyclic) bond motifs is 1. The third-order valence-corrected chi connectivity index (χ3v) is 4.30. The topological polar surface area (TPSA) is 49.8 Å². The van der Waals surface area contributed by atoms with Crippen LogP contribution in [0.5, 0.6) is 5.75 Å². The van der Waals surface area contributed by atoms with E-state index in [9.17, 15) is 4.79 Å². The molecule has 1 unspecified atom stereocenters. The summed E-state index contributed by atoms with van der Waals surface area (Å²) in [5.41, 5.74) is 2.42. The van der Waals surface area contributed by atoms with Crippen molar-refractivity contribution >= 4 is 6.09 Å². The number of nitrogens with zero attached hydrogens (tertiary/aromatic N) is 1. The van der Waals surface area contributed by atoms with Crippen molar-refractivity contribution in [1.29, 1.82) is 0 Å². The van der Waals surface area contributed by atoms with E-state index < -0.39 is 6.09 Å². The van der Waals surface area contributed by atoms with E-state index in [0.29, 0.717) is 12.3 Å². The molecule has 1 aromatic carbocycles. The Balaban J connectivity index is 1.86. The van der Waals surface area contributed by atoms with Crippen LogP contribution in [0.2, 0.25) is 0 Å². The Hall–Kier alpha value is -1.71. The van der Waals surface area contributed by atoms with Gasteiger partial charge in [0.05, 0.1) is 0 Å². The summed E-state index contributed by atoms with van der Waals surface area (Å²) in [6, 6.07) is 6.25. The Labute approximate surface area is 113 Å². The van der Waals surface area contributed by atoms with Crippen molar-refractivity contribution in [3.8, 4) is 5.75 Å². The summed E-state index contributed by atoms with van der Waals surface area (Å²) in [6.45, 7) is 0. The van der Waals surface area contributed by atoms with Gasteiger partial charge in [-0.05, 0) is 24.3 Å². The predicted octanol–water partition coefficient (Wildman–Crippen LogP) is 3.22. The standard InChI is InChI=1S/C15H19NO3/c1-16(15(17)18)13-9-11-7-4-8-12(14(11)19-13)10-5-2-3-6-10/h4,7-8,10,13H,2-3,5-6,9H2,1H3,(H,17,18). The van der Waals surface area contributed by atoms with Gasteiger partial charge < -0.3 is 9.84 Å². The lowest BCUT2D eigenvalue weighted by atomic mass is 9.94. The van der Waals surface area contributed by atoms with Crippen LogP contribution in [0.1, 0.15) is 42.7 Å². The summed E-state index contributed by atoms with van der Waals surface area (Å²) >= 11 is 0. The van der Waals surface area contributed by atoms with Gasteiger partial charge in [0.15, 0.2) is 6.23 Å². The molecular formula is C15H19NO3. The predicted molar refractivity (Wildman–Crippen MR) is 71.6 cm³/mol. The van der Waals surface area contributed by atoms with Crippen LogP contribution in [0.3, 0.4) is 0 Å². The van der Waals surface area contributed by atoms with Crippen molar-refractivity contribution in [3.05, 3.63) is 29.3 Å². The van der Waals surface area contributed by atoms with E-state index in [2.05, 4.69) is 12.1 Å².